The van der Waals surface area contributed by atoms with Crippen LogP contribution in [-0.4, -0.2) is 30.4 Å². The Hall–Kier alpha value is -1.35. The van der Waals surface area contributed by atoms with Crippen molar-refractivity contribution in [1.29, 1.82) is 0 Å². The third kappa shape index (κ3) is 3.84. The zero-order valence-electron chi connectivity index (χ0n) is 11.6. The van der Waals surface area contributed by atoms with Crippen molar-refractivity contribution < 1.29 is 4.79 Å². The molecule has 0 spiro atoms. The molecule has 0 unspecified atom stereocenters. The Balaban J connectivity index is 2.75. The van der Waals surface area contributed by atoms with Crippen LogP contribution in [0.1, 0.15) is 49.0 Å². The lowest BCUT2D eigenvalue weighted by molar-refractivity contribution is 0.0763. The van der Waals surface area contributed by atoms with Crippen LogP contribution in [0.15, 0.2) is 24.3 Å². The molecule has 3 nitrogen and oxygen atoms in total. The summed E-state index contributed by atoms with van der Waals surface area (Å²) in [6.45, 7) is 8.38. The molecule has 1 rings (SSSR count). The summed E-state index contributed by atoms with van der Waals surface area (Å²) in [5.74, 6) is 0.593. The van der Waals surface area contributed by atoms with E-state index in [1.165, 1.54) is 5.56 Å². The van der Waals surface area contributed by atoms with Crippen molar-refractivity contribution in [3.8, 4) is 0 Å². The second kappa shape index (κ2) is 7.17. The molecule has 0 aliphatic rings. The molecular formula is C15H24N2O. The third-order valence-electron chi connectivity index (χ3n) is 3.13. The Morgan fingerprint density at radius 2 is 1.89 bits per heavy atom. The standard InChI is InChI=1S/C15H24N2O/c1-4-17(11-5-10-16)15(18)14-8-6-13(7-9-14)12(2)3/h6-9,12H,4-5,10-11,16H2,1-3H3. The van der Waals surface area contributed by atoms with E-state index in [1.54, 1.807) is 0 Å². The molecule has 0 radical (unpaired) electrons. The van der Waals surface area contributed by atoms with Gasteiger partial charge in [-0.25, -0.2) is 0 Å². The summed E-state index contributed by atoms with van der Waals surface area (Å²) in [5.41, 5.74) is 7.51. The summed E-state index contributed by atoms with van der Waals surface area (Å²) < 4.78 is 0. The molecule has 1 aromatic rings. The summed E-state index contributed by atoms with van der Waals surface area (Å²) in [6.07, 6.45) is 0.851. The molecule has 100 valence electrons. The minimum atomic E-state index is 0.0984. The lowest BCUT2D eigenvalue weighted by Gasteiger charge is -2.20. The van der Waals surface area contributed by atoms with Crippen LogP contribution < -0.4 is 5.73 Å². The summed E-state index contributed by atoms with van der Waals surface area (Å²) in [6, 6.07) is 7.91. The van der Waals surface area contributed by atoms with Gasteiger partial charge >= 0.3 is 0 Å². The molecule has 0 saturated heterocycles. The van der Waals surface area contributed by atoms with Crippen molar-refractivity contribution in [3.05, 3.63) is 35.4 Å². The van der Waals surface area contributed by atoms with Crippen LogP contribution in [0.3, 0.4) is 0 Å². The SMILES string of the molecule is CCN(CCCN)C(=O)c1ccc(C(C)C)cc1. The topological polar surface area (TPSA) is 46.3 Å². The monoisotopic (exact) mass is 248 g/mol. The van der Waals surface area contributed by atoms with Crippen molar-refractivity contribution >= 4 is 5.91 Å². The van der Waals surface area contributed by atoms with Gasteiger partial charge in [0, 0.05) is 18.7 Å². The Morgan fingerprint density at radius 3 is 2.33 bits per heavy atom. The van der Waals surface area contributed by atoms with E-state index in [2.05, 4.69) is 13.8 Å². The Kier molecular flexibility index (Phi) is 5.86. The number of benzene rings is 1. The van der Waals surface area contributed by atoms with Gasteiger partial charge in [-0.2, -0.15) is 0 Å². The number of hydrogen-bond donors (Lipinski definition) is 1. The normalized spacial score (nSPS) is 10.7. The fourth-order valence-corrected chi connectivity index (χ4v) is 1.88. The van der Waals surface area contributed by atoms with Crippen molar-refractivity contribution in [1.82, 2.24) is 4.90 Å². The van der Waals surface area contributed by atoms with Crippen LogP contribution in [0, 0.1) is 0 Å². The molecule has 0 bridgehead atoms. The highest BCUT2D eigenvalue weighted by Gasteiger charge is 2.13. The number of carbonyl (C=O) groups excluding carboxylic acids is 1. The predicted octanol–water partition coefficient (Wildman–Crippen LogP) is 2.62. The molecule has 0 aliphatic carbocycles. The van der Waals surface area contributed by atoms with Gasteiger partial charge in [-0.1, -0.05) is 26.0 Å². The minimum absolute atomic E-state index is 0.0984. The molecule has 3 heteroatoms. The summed E-state index contributed by atoms with van der Waals surface area (Å²) in [5, 5.41) is 0. The Bertz CT molecular complexity index is 371. The van der Waals surface area contributed by atoms with E-state index in [0.717, 1.165) is 25.1 Å². The average molecular weight is 248 g/mol. The zero-order valence-corrected chi connectivity index (χ0v) is 11.6. The smallest absolute Gasteiger partial charge is 0.253 e. The molecule has 0 atom stereocenters. The van der Waals surface area contributed by atoms with Gasteiger partial charge in [0.2, 0.25) is 0 Å². The van der Waals surface area contributed by atoms with Gasteiger partial charge in [0.25, 0.3) is 5.91 Å². The maximum atomic E-state index is 12.2. The van der Waals surface area contributed by atoms with E-state index >= 15 is 0 Å². The molecular weight excluding hydrogens is 224 g/mol. The zero-order chi connectivity index (χ0) is 13.5. The Labute approximate surface area is 110 Å². The molecule has 0 fully saturated rings. The highest BCUT2D eigenvalue weighted by molar-refractivity contribution is 5.94. The molecule has 0 saturated carbocycles. The van der Waals surface area contributed by atoms with E-state index in [0.29, 0.717) is 12.5 Å². The van der Waals surface area contributed by atoms with Gasteiger partial charge in [-0.15, -0.1) is 0 Å². The fourth-order valence-electron chi connectivity index (χ4n) is 1.88. The van der Waals surface area contributed by atoms with Gasteiger partial charge in [-0.3, -0.25) is 4.79 Å². The van der Waals surface area contributed by atoms with Crippen molar-refractivity contribution in [2.45, 2.75) is 33.1 Å². The van der Waals surface area contributed by atoms with Crippen LogP contribution in [0.25, 0.3) is 0 Å². The van der Waals surface area contributed by atoms with Gasteiger partial charge in [0.15, 0.2) is 0 Å². The van der Waals surface area contributed by atoms with Crippen molar-refractivity contribution in [3.63, 3.8) is 0 Å². The number of amides is 1. The molecule has 0 aliphatic heterocycles. The van der Waals surface area contributed by atoms with Gasteiger partial charge in [-0.05, 0) is 43.5 Å². The summed E-state index contributed by atoms with van der Waals surface area (Å²) >= 11 is 0. The number of hydrogen-bond acceptors (Lipinski definition) is 2. The first-order valence-electron chi connectivity index (χ1n) is 6.69. The van der Waals surface area contributed by atoms with Crippen LogP contribution in [0.2, 0.25) is 0 Å². The third-order valence-corrected chi connectivity index (χ3v) is 3.13. The minimum Gasteiger partial charge on any atom is -0.339 e. The highest BCUT2D eigenvalue weighted by Crippen LogP contribution is 2.15. The molecule has 2 N–H and O–H groups in total. The largest absolute Gasteiger partial charge is 0.339 e. The Morgan fingerprint density at radius 1 is 1.28 bits per heavy atom. The lowest BCUT2D eigenvalue weighted by atomic mass is 10.0. The van der Waals surface area contributed by atoms with Crippen molar-refractivity contribution in [2.75, 3.05) is 19.6 Å². The molecule has 1 aromatic carbocycles. The van der Waals surface area contributed by atoms with Crippen LogP contribution in [0.5, 0.6) is 0 Å². The van der Waals surface area contributed by atoms with Crippen LogP contribution in [0.4, 0.5) is 0 Å². The van der Waals surface area contributed by atoms with E-state index in [-0.39, 0.29) is 5.91 Å². The van der Waals surface area contributed by atoms with E-state index in [9.17, 15) is 4.79 Å². The summed E-state index contributed by atoms with van der Waals surface area (Å²) in [7, 11) is 0. The summed E-state index contributed by atoms with van der Waals surface area (Å²) in [4.78, 5) is 14.1. The average Bonchev–Trinajstić information content (AvgIpc) is 2.39. The second-order valence-corrected chi connectivity index (χ2v) is 4.80. The lowest BCUT2D eigenvalue weighted by Crippen LogP contribution is -2.32. The van der Waals surface area contributed by atoms with Gasteiger partial charge < -0.3 is 10.6 Å². The van der Waals surface area contributed by atoms with E-state index in [4.69, 9.17) is 5.73 Å². The number of rotatable bonds is 6. The van der Waals surface area contributed by atoms with E-state index < -0.39 is 0 Å². The maximum absolute atomic E-state index is 12.2. The molecule has 0 heterocycles. The molecule has 1 amide bonds. The quantitative estimate of drug-likeness (QED) is 0.841. The highest BCUT2D eigenvalue weighted by atomic mass is 16.2. The fraction of sp³-hybridized carbons (Fsp3) is 0.533. The maximum Gasteiger partial charge on any atom is 0.253 e. The van der Waals surface area contributed by atoms with Crippen molar-refractivity contribution in [2.24, 2.45) is 5.73 Å². The first kappa shape index (κ1) is 14.7. The predicted molar refractivity (Wildman–Crippen MR) is 75.8 cm³/mol. The number of nitrogens with two attached hydrogens (primary N) is 1. The first-order valence-corrected chi connectivity index (χ1v) is 6.69. The first-order chi connectivity index (χ1) is 8.60. The second-order valence-electron chi connectivity index (χ2n) is 4.80. The van der Waals surface area contributed by atoms with Gasteiger partial charge in [0.1, 0.15) is 0 Å². The number of nitrogens with zero attached hydrogens (tertiary/aromatic N) is 1. The van der Waals surface area contributed by atoms with Gasteiger partial charge in [0.05, 0.1) is 0 Å². The molecule has 18 heavy (non-hydrogen) atoms. The van der Waals surface area contributed by atoms with E-state index in [1.807, 2.05) is 36.1 Å². The van der Waals surface area contributed by atoms with Crippen LogP contribution >= 0.6 is 0 Å². The molecule has 0 aromatic heterocycles. The number of carbonyl (C=O) groups is 1. The van der Waals surface area contributed by atoms with Crippen LogP contribution in [-0.2, 0) is 0 Å².